The normalized spacial score (nSPS) is 10.8. The molecule has 0 aliphatic heterocycles. The molecule has 29 heavy (non-hydrogen) atoms. The molecule has 3 aromatic heterocycles. The van der Waals surface area contributed by atoms with Crippen LogP contribution in [0.2, 0.25) is 0 Å². The van der Waals surface area contributed by atoms with E-state index in [1.54, 1.807) is 19.1 Å². The maximum Gasteiger partial charge on any atom is 0.268 e. The molecule has 3 heterocycles. The number of H-pyrrole nitrogens is 1. The molecule has 8 heteroatoms. The van der Waals surface area contributed by atoms with E-state index in [2.05, 4.69) is 31.4 Å². The summed E-state index contributed by atoms with van der Waals surface area (Å²) in [5, 5.41) is 6.78. The van der Waals surface area contributed by atoms with Crippen molar-refractivity contribution in [2.75, 3.05) is 0 Å². The molecule has 0 radical (unpaired) electrons. The molecular weight excluding hydrogens is 438 g/mol. The van der Waals surface area contributed by atoms with Gasteiger partial charge < -0.3 is 19.2 Å². The van der Waals surface area contributed by atoms with E-state index in [-0.39, 0.29) is 23.9 Å². The smallest absolute Gasteiger partial charge is 0.268 e. The lowest BCUT2D eigenvalue weighted by molar-refractivity contribution is 0.0943. The van der Waals surface area contributed by atoms with Crippen molar-refractivity contribution >= 4 is 27.6 Å². The molecule has 0 aliphatic carbocycles. The third kappa shape index (κ3) is 3.93. The highest BCUT2D eigenvalue weighted by atomic mass is 79.9. The lowest BCUT2D eigenvalue weighted by Crippen LogP contribution is -2.22. The summed E-state index contributed by atoms with van der Waals surface area (Å²) in [6.45, 7) is 1.94. The first-order valence-electron chi connectivity index (χ1n) is 8.79. The first-order chi connectivity index (χ1) is 14.0. The molecule has 146 valence electrons. The SMILES string of the molecule is Cc1onc(-c2ccc(Br)cc2)c1C(=O)c1c[nH]c(C(=O)NCc2ccco2)c1. The number of hydrogen-bond acceptors (Lipinski definition) is 5. The number of aromatic nitrogens is 2. The van der Waals surface area contributed by atoms with Crippen molar-refractivity contribution in [2.24, 2.45) is 0 Å². The quantitative estimate of drug-likeness (QED) is 0.418. The van der Waals surface area contributed by atoms with Crippen LogP contribution in [0.3, 0.4) is 0 Å². The van der Waals surface area contributed by atoms with Gasteiger partial charge in [-0.15, -0.1) is 0 Å². The van der Waals surface area contributed by atoms with Crippen LogP contribution < -0.4 is 5.32 Å². The fraction of sp³-hybridized carbons (Fsp3) is 0.0952. The standard InChI is InChI=1S/C21H16BrN3O4/c1-12-18(19(25-29-12)13-4-6-15(22)7-5-13)20(26)14-9-17(23-10-14)21(27)24-11-16-3-2-8-28-16/h2-10,23H,11H2,1H3,(H,24,27). The van der Waals surface area contributed by atoms with Gasteiger partial charge in [0.2, 0.25) is 0 Å². The average Bonchev–Trinajstić information content (AvgIpc) is 3.47. The van der Waals surface area contributed by atoms with Gasteiger partial charge in [-0.1, -0.05) is 33.2 Å². The number of hydrogen-bond donors (Lipinski definition) is 2. The zero-order chi connectivity index (χ0) is 20.4. The van der Waals surface area contributed by atoms with E-state index in [9.17, 15) is 9.59 Å². The van der Waals surface area contributed by atoms with E-state index in [0.717, 1.165) is 10.0 Å². The number of halogens is 1. The zero-order valence-electron chi connectivity index (χ0n) is 15.4. The minimum absolute atomic E-state index is 0.257. The Bertz CT molecular complexity index is 1160. The Balaban J connectivity index is 1.56. The third-order valence-electron chi connectivity index (χ3n) is 4.40. The van der Waals surface area contributed by atoms with Crippen molar-refractivity contribution in [1.29, 1.82) is 0 Å². The molecule has 0 spiro atoms. The molecule has 1 aromatic carbocycles. The molecule has 1 amide bonds. The van der Waals surface area contributed by atoms with Crippen LogP contribution in [-0.4, -0.2) is 21.8 Å². The Kier molecular flexibility index (Phi) is 5.18. The molecule has 0 saturated carbocycles. The van der Waals surface area contributed by atoms with Crippen molar-refractivity contribution in [3.63, 3.8) is 0 Å². The van der Waals surface area contributed by atoms with Crippen LogP contribution in [0.4, 0.5) is 0 Å². The predicted octanol–water partition coefficient (Wildman–Crippen LogP) is 4.49. The molecule has 0 atom stereocenters. The summed E-state index contributed by atoms with van der Waals surface area (Å²) >= 11 is 3.39. The number of carbonyl (C=O) groups is 2. The predicted molar refractivity (Wildman–Crippen MR) is 108 cm³/mol. The first-order valence-corrected chi connectivity index (χ1v) is 9.58. The van der Waals surface area contributed by atoms with Crippen molar-refractivity contribution in [2.45, 2.75) is 13.5 Å². The molecule has 0 fully saturated rings. The van der Waals surface area contributed by atoms with Gasteiger partial charge in [0.05, 0.1) is 18.4 Å². The highest BCUT2D eigenvalue weighted by molar-refractivity contribution is 9.10. The molecular formula is C21H16BrN3O4. The van der Waals surface area contributed by atoms with Crippen molar-refractivity contribution in [3.8, 4) is 11.3 Å². The van der Waals surface area contributed by atoms with Crippen LogP contribution >= 0.6 is 15.9 Å². The molecule has 7 nitrogen and oxygen atoms in total. The topological polar surface area (TPSA) is 101 Å². The lowest BCUT2D eigenvalue weighted by atomic mass is 9.99. The third-order valence-corrected chi connectivity index (χ3v) is 4.93. The van der Waals surface area contributed by atoms with Gasteiger partial charge in [-0.2, -0.15) is 0 Å². The number of amides is 1. The van der Waals surface area contributed by atoms with E-state index >= 15 is 0 Å². The van der Waals surface area contributed by atoms with E-state index in [0.29, 0.717) is 28.3 Å². The van der Waals surface area contributed by atoms with Gasteiger partial charge in [-0.25, -0.2) is 0 Å². The Morgan fingerprint density at radius 2 is 2.00 bits per heavy atom. The van der Waals surface area contributed by atoms with Gasteiger partial charge in [-0.3, -0.25) is 9.59 Å². The van der Waals surface area contributed by atoms with Crippen molar-refractivity contribution in [1.82, 2.24) is 15.5 Å². The van der Waals surface area contributed by atoms with Crippen LogP contribution in [-0.2, 0) is 6.54 Å². The Hall–Kier alpha value is -3.39. The van der Waals surface area contributed by atoms with Gasteiger partial charge in [0.1, 0.15) is 22.9 Å². The largest absolute Gasteiger partial charge is 0.467 e. The van der Waals surface area contributed by atoms with E-state index < -0.39 is 0 Å². The number of aromatic amines is 1. The monoisotopic (exact) mass is 453 g/mol. The lowest BCUT2D eigenvalue weighted by Gasteiger charge is -2.02. The van der Waals surface area contributed by atoms with E-state index in [4.69, 9.17) is 8.94 Å². The fourth-order valence-corrected chi connectivity index (χ4v) is 3.19. The number of ketones is 1. The summed E-state index contributed by atoms with van der Waals surface area (Å²) in [4.78, 5) is 28.3. The Labute approximate surface area is 174 Å². The molecule has 0 aliphatic rings. The summed E-state index contributed by atoms with van der Waals surface area (Å²) < 4.78 is 11.4. The summed E-state index contributed by atoms with van der Waals surface area (Å²) in [5.74, 6) is 0.442. The maximum absolute atomic E-state index is 13.1. The number of rotatable bonds is 6. The molecule has 4 aromatic rings. The molecule has 0 unspecified atom stereocenters. The van der Waals surface area contributed by atoms with Gasteiger partial charge in [-0.05, 0) is 37.3 Å². The number of nitrogens with zero attached hydrogens (tertiary/aromatic N) is 1. The Morgan fingerprint density at radius 3 is 2.72 bits per heavy atom. The number of carbonyl (C=O) groups excluding carboxylic acids is 2. The van der Waals surface area contributed by atoms with E-state index in [1.807, 2.05) is 24.3 Å². The van der Waals surface area contributed by atoms with Gasteiger partial charge in [0.15, 0.2) is 5.78 Å². The van der Waals surface area contributed by atoms with Crippen LogP contribution in [0, 0.1) is 6.92 Å². The van der Waals surface area contributed by atoms with E-state index in [1.165, 1.54) is 18.5 Å². The summed E-state index contributed by atoms with van der Waals surface area (Å²) in [7, 11) is 0. The number of furan rings is 1. The van der Waals surface area contributed by atoms with Crippen LogP contribution in [0.1, 0.15) is 37.9 Å². The van der Waals surface area contributed by atoms with Crippen molar-refractivity contribution < 1.29 is 18.5 Å². The van der Waals surface area contributed by atoms with Crippen LogP contribution in [0.5, 0.6) is 0 Å². The minimum Gasteiger partial charge on any atom is -0.467 e. The second-order valence-electron chi connectivity index (χ2n) is 6.36. The Morgan fingerprint density at radius 1 is 1.21 bits per heavy atom. The summed E-state index contributed by atoms with van der Waals surface area (Å²) in [6, 6.07) is 12.5. The molecule has 2 N–H and O–H groups in total. The van der Waals surface area contributed by atoms with Gasteiger partial charge >= 0.3 is 0 Å². The van der Waals surface area contributed by atoms with Gasteiger partial charge in [0.25, 0.3) is 5.91 Å². The molecule has 0 bridgehead atoms. The summed E-state index contributed by atoms with van der Waals surface area (Å²) in [6.07, 6.45) is 3.04. The van der Waals surface area contributed by atoms with Gasteiger partial charge in [0, 0.05) is 21.8 Å². The first kappa shape index (κ1) is 18.9. The fourth-order valence-electron chi connectivity index (χ4n) is 2.92. The maximum atomic E-state index is 13.1. The average molecular weight is 454 g/mol. The molecule has 4 rings (SSSR count). The second kappa shape index (κ2) is 7.92. The number of aryl methyl sites for hydroxylation is 1. The van der Waals surface area contributed by atoms with Crippen LogP contribution in [0.25, 0.3) is 11.3 Å². The zero-order valence-corrected chi connectivity index (χ0v) is 16.9. The number of nitrogens with one attached hydrogen (secondary N) is 2. The second-order valence-corrected chi connectivity index (χ2v) is 7.28. The minimum atomic E-state index is -0.337. The van der Waals surface area contributed by atoms with Crippen molar-refractivity contribution in [3.05, 3.63) is 87.7 Å². The summed E-state index contributed by atoms with van der Waals surface area (Å²) in [5.41, 5.74) is 2.22. The number of benzene rings is 1. The highest BCUT2D eigenvalue weighted by Gasteiger charge is 2.24. The van der Waals surface area contributed by atoms with Crippen LogP contribution in [0.15, 0.2) is 68.3 Å². The highest BCUT2D eigenvalue weighted by Crippen LogP contribution is 2.28. The molecule has 0 saturated heterocycles.